The zero-order valence-corrected chi connectivity index (χ0v) is 17.2. The molecule has 0 fully saturated rings. The number of nitrogens with zero attached hydrogens (tertiary/aromatic N) is 2. The highest BCUT2D eigenvalue weighted by atomic mass is 16.4. The Hall–Kier alpha value is -3.93. The van der Waals surface area contributed by atoms with E-state index < -0.39 is 0 Å². The highest BCUT2D eigenvalue weighted by Crippen LogP contribution is 2.28. The van der Waals surface area contributed by atoms with Gasteiger partial charge in [-0.05, 0) is 61.7 Å². The van der Waals surface area contributed by atoms with E-state index in [1.807, 2.05) is 49.4 Å². The van der Waals surface area contributed by atoms with Crippen molar-refractivity contribution in [3.8, 4) is 0 Å². The molecule has 1 aliphatic heterocycles. The first kappa shape index (κ1) is 20.3. The van der Waals surface area contributed by atoms with Crippen LogP contribution < -0.4 is 10.2 Å². The van der Waals surface area contributed by atoms with Crippen LogP contribution in [0.2, 0.25) is 0 Å². The third-order valence-corrected chi connectivity index (χ3v) is 5.45. The number of amides is 2. The summed E-state index contributed by atoms with van der Waals surface area (Å²) in [6, 6.07) is 21.7. The van der Waals surface area contributed by atoms with Gasteiger partial charge >= 0.3 is 0 Å². The molecule has 0 spiro atoms. The molecule has 2 N–H and O–H groups in total. The number of fused-ring (bicyclic) bond motifs is 1. The number of benzene rings is 3. The number of hydrogen-bond donors (Lipinski definition) is 2. The van der Waals surface area contributed by atoms with Crippen molar-refractivity contribution in [1.82, 2.24) is 0 Å². The second-order valence-corrected chi connectivity index (χ2v) is 7.47. The Morgan fingerprint density at radius 3 is 2.42 bits per heavy atom. The molecular formula is C25H23N3O3. The van der Waals surface area contributed by atoms with E-state index in [4.69, 9.17) is 0 Å². The lowest BCUT2D eigenvalue weighted by Crippen LogP contribution is -2.31. The Balaban J connectivity index is 1.55. The molecule has 1 aliphatic rings. The monoisotopic (exact) mass is 413 g/mol. The first-order chi connectivity index (χ1) is 15.1. The summed E-state index contributed by atoms with van der Waals surface area (Å²) in [6.45, 7) is 2.42. The molecule has 0 atom stereocenters. The van der Waals surface area contributed by atoms with Gasteiger partial charge in [0.15, 0.2) is 0 Å². The van der Waals surface area contributed by atoms with Crippen molar-refractivity contribution in [2.24, 2.45) is 5.16 Å². The molecule has 156 valence electrons. The topological polar surface area (TPSA) is 82.0 Å². The maximum absolute atomic E-state index is 13.2. The van der Waals surface area contributed by atoms with Crippen molar-refractivity contribution in [1.29, 1.82) is 0 Å². The molecule has 31 heavy (non-hydrogen) atoms. The molecule has 0 bridgehead atoms. The van der Waals surface area contributed by atoms with Gasteiger partial charge in [-0.15, -0.1) is 0 Å². The number of oxime groups is 1. The van der Waals surface area contributed by atoms with Crippen LogP contribution in [-0.4, -0.2) is 29.3 Å². The van der Waals surface area contributed by atoms with Gasteiger partial charge in [0.25, 0.3) is 11.8 Å². The predicted molar refractivity (Wildman–Crippen MR) is 121 cm³/mol. The van der Waals surface area contributed by atoms with Crippen LogP contribution in [0.1, 0.15) is 44.7 Å². The van der Waals surface area contributed by atoms with Crippen LogP contribution in [0.15, 0.2) is 78.0 Å². The van der Waals surface area contributed by atoms with E-state index in [0.29, 0.717) is 41.9 Å². The van der Waals surface area contributed by atoms with E-state index in [-0.39, 0.29) is 11.8 Å². The van der Waals surface area contributed by atoms with Gasteiger partial charge in [0.05, 0.1) is 11.4 Å². The molecule has 6 nitrogen and oxygen atoms in total. The van der Waals surface area contributed by atoms with Gasteiger partial charge in [-0.2, -0.15) is 0 Å². The lowest BCUT2D eigenvalue weighted by molar-refractivity contribution is 0.0985. The minimum Gasteiger partial charge on any atom is -0.411 e. The van der Waals surface area contributed by atoms with Gasteiger partial charge in [-0.25, -0.2) is 0 Å². The molecule has 0 aliphatic carbocycles. The van der Waals surface area contributed by atoms with Gasteiger partial charge in [0.2, 0.25) is 0 Å². The summed E-state index contributed by atoms with van der Waals surface area (Å²) in [5.41, 5.74) is 4.74. The predicted octanol–water partition coefficient (Wildman–Crippen LogP) is 4.87. The Bertz CT molecular complexity index is 1150. The largest absolute Gasteiger partial charge is 0.411 e. The SMILES string of the molecule is Cc1ccccc1C(=O)Nc1ccc(C(=O)N2CCCC(=NO)c3ccccc32)cc1. The molecule has 0 saturated carbocycles. The zero-order chi connectivity index (χ0) is 21.8. The summed E-state index contributed by atoms with van der Waals surface area (Å²) >= 11 is 0. The first-order valence-corrected chi connectivity index (χ1v) is 10.2. The van der Waals surface area contributed by atoms with Crippen molar-refractivity contribution in [2.45, 2.75) is 19.8 Å². The molecule has 4 rings (SSSR count). The summed E-state index contributed by atoms with van der Waals surface area (Å²) in [7, 11) is 0. The van der Waals surface area contributed by atoms with Crippen LogP contribution in [-0.2, 0) is 0 Å². The number of hydrogen-bond acceptors (Lipinski definition) is 4. The number of carbonyl (C=O) groups is 2. The second-order valence-electron chi connectivity index (χ2n) is 7.47. The van der Waals surface area contributed by atoms with Crippen LogP contribution in [0.25, 0.3) is 0 Å². The fourth-order valence-electron chi connectivity index (χ4n) is 3.81. The lowest BCUT2D eigenvalue weighted by Gasteiger charge is -2.23. The summed E-state index contributed by atoms with van der Waals surface area (Å²) in [6.07, 6.45) is 1.30. The van der Waals surface area contributed by atoms with Gasteiger partial charge in [-0.3, -0.25) is 9.59 Å². The molecule has 0 saturated heterocycles. The minimum atomic E-state index is -0.186. The Labute approximate surface area is 180 Å². The summed E-state index contributed by atoms with van der Waals surface area (Å²) in [5, 5.41) is 15.7. The van der Waals surface area contributed by atoms with Gasteiger partial charge in [0.1, 0.15) is 0 Å². The summed E-state index contributed by atoms with van der Waals surface area (Å²) in [4.78, 5) is 27.5. The molecule has 6 heteroatoms. The molecule has 0 unspecified atom stereocenters. The van der Waals surface area contributed by atoms with E-state index >= 15 is 0 Å². The Morgan fingerprint density at radius 2 is 1.68 bits per heavy atom. The maximum atomic E-state index is 13.2. The average molecular weight is 413 g/mol. The average Bonchev–Trinajstić information content (AvgIpc) is 2.99. The Kier molecular flexibility index (Phi) is 5.80. The molecule has 3 aromatic rings. The summed E-state index contributed by atoms with van der Waals surface area (Å²) in [5.74, 6) is -0.321. The highest BCUT2D eigenvalue weighted by Gasteiger charge is 2.25. The first-order valence-electron chi connectivity index (χ1n) is 10.2. The number of carbonyl (C=O) groups excluding carboxylic acids is 2. The Morgan fingerprint density at radius 1 is 0.968 bits per heavy atom. The standard InChI is InChI=1S/C25H23N3O3/c1-17-7-2-3-8-20(17)24(29)26-19-14-12-18(13-15-19)25(30)28-16-6-10-22(27-31)21-9-4-5-11-23(21)28/h2-5,7-9,11-15,31H,6,10,16H2,1H3,(H,26,29). The van der Waals surface area contributed by atoms with Crippen molar-refractivity contribution in [2.75, 3.05) is 16.8 Å². The molecule has 3 aromatic carbocycles. The quantitative estimate of drug-likeness (QED) is 0.475. The molecule has 0 radical (unpaired) electrons. The smallest absolute Gasteiger partial charge is 0.258 e. The van der Waals surface area contributed by atoms with E-state index in [2.05, 4.69) is 10.5 Å². The fourth-order valence-corrected chi connectivity index (χ4v) is 3.81. The maximum Gasteiger partial charge on any atom is 0.258 e. The number of para-hydroxylation sites is 1. The van der Waals surface area contributed by atoms with Crippen LogP contribution in [0.4, 0.5) is 11.4 Å². The lowest BCUT2D eigenvalue weighted by atomic mass is 10.1. The second kappa shape index (κ2) is 8.83. The van der Waals surface area contributed by atoms with E-state index in [1.54, 1.807) is 35.2 Å². The number of anilines is 2. The minimum absolute atomic E-state index is 0.136. The van der Waals surface area contributed by atoms with Gasteiger partial charge in [-0.1, -0.05) is 41.6 Å². The van der Waals surface area contributed by atoms with Crippen molar-refractivity contribution >= 4 is 28.9 Å². The van der Waals surface area contributed by atoms with E-state index in [0.717, 1.165) is 16.8 Å². The number of aryl methyl sites for hydroxylation is 1. The van der Waals surface area contributed by atoms with Crippen LogP contribution in [0, 0.1) is 6.92 Å². The van der Waals surface area contributed by atoms with Crippen molar-refractivity contribution in [3.63, 3.8) is 0 Å². The van der Waals surface area contributed by atoms with Gasteiger partial charge in [0, 0.05) is 28.9 Å². The van der Waals surface area contributed by atoms with E-state index in [9.17, 15) is 14.8 Å². The summed E-state index contributed by atoms with van der Waals surface area (Å²) < 4.78 is 0. The third kappa shape index (κ3) is 4.19. The van der Waals surface area contributed by atoms with Crippen LogP contribution >= 0.6 is 0 Å². The number of rotatable bonds is 3. The van der Waals surface area contributed by atoms with Crippen molar-refractivity contribution < 1.29 is 14.8 Å². The molecule has 1 heterocycles. The fraction of sp³-hybridized carbons (Fsp3) is 0.160. The molecular weight excluding hydrogens is 390 g/mol. The number of nitrogens with one attached hydrogen (secondary N) is 1. The van der Waals surface area contributed by atoms with Crippen LogP contribution in [0.5, 0.6) is 0 Å². The normalized spacial score (nSPS) is 14.6. The van der Waals surface area contributed by atoms with E-state index in [1.165, 1.54) is 0 Å². The third-order valence-electron chi connectivity index (χ3n) is 5.45. The molecule has 0 aromatic heterocycles. The van der Waals surface area contributed by atoms with Crippen molar-refractivity contribution in [3.05, 3.63) is 95.1 Å². The van der Waals surface area contributed by atoms with Crippen LogP contribution in [0.3, 0.4) is 0 Å². The zero-order valence-electron chi connectivity index (χ0n) is 17.2. The highest BCUT2D eigenvalue weighted by molar-refractivity contribution is 6.13. The van der Waals surface area contributed by atoms with Gasteiger partial charge < -0.3 is 15.4 Å². The molecule has 2 amide bonds.